The lowest BCUT2D eigenvalue weighted by Gasteiger charge is -2.41. The largest absolute Gasteiger partial charge is 0.350 e. The van der Waals surface area contributed by atoms with Gasteiger partial charge in [-0.3, -0.25) is 24.2 Å². The van der Waals surface area contributed by atoms with Gasteiger partial charge in [-0.15, -0.1) is 11.3 Å². The normalized spacial score (nSPS) is 22.1. The lowest BCUT2D eigenvalue weighted by atomic mass is 9.73. The smallest absolute Gasteiger partial charge is 0.266 e. The van der Waals surface area contributed by atoms with E-state index in [-0.39, 0.29) is 54.5 Å². The molecular weight excluding hydrogens is 839 g/mol. The predicted molar refractivity (Wildman–Crippen MR) is 241 cm³/mol. The molecule has 1 aromatic carbocycles. The molecule has 14 nitrogen and oxygen atoms in total. The number of carbonyl (C=O) groups is 4. The summed E-state index contributed by atoms with van der Waals surface area (Å²) in [5.41, 5.74) is 5.16. The van der Waals surface area contributed by atoms with Crippen LogP contribution in [0.15, 0.2) is 60.5 Å². The number of piperidine rings is 1. The zero-order valence-corrected chi connectivity index (χ0v) is 38.0. The quantitative estimate of drug-likeness (QED) is 0.135. The lowest BCUT2D eigenvalue weighted by molar-refractivity contribution is -0.148. The molecule has 0 spiro atoms. The molecule has 6 heterocycles. The van der Waals surface area contributed by atoms with Gasteiger partial charge >= 0.3 is 0 Å². The number of halogens is 2. The summed E-state index contributed by atoms with van der Waals surface area (Å²) in [6, 6.07) is 10.1. The Morgan fingerprint density at radius 1 is 0.891 bits per heavy atom. The Hall–Kier alpha value is -5.58. The standard InChI is InChI=1S/C47H58F2N10O4S/c1-28(30-8-10-32(11-9-30)40-29(2)52-27-64-40)53-43(61)36-7-6-17-59(36)45(63)41(46(3,4)5)56-42(60)34-21-35(22-34)44(62)57-18-12-31(13-19-57)33-23-37(54-38-25-50-15-16-51-38)55-39(24-33)58-20-14-47(48,49)26-58/h8-11,15-16,23-25,27-28,31,34-36,41H,6-7,12-14,17-22,26H2,1-5H3,(H,53,61)(H,56,60)(H,51,54,55)/t28-,34-,35-,36-,41+/m0/s1. The first kappa shape index (κ1) is 45.0. The highest BCUT2D eigenvalue weighted by molar-refractivity contribution is 7.13. The van der Waals surface area contributed by atoms with Crippen LogP contribution in [0.25, 0.3) is 10.4 Å². The number of carbonyl (C=O) groups excluding carboxylic acids is 4. The van der Waals surface area contributed by atoms with Crippen LogP contribution in [0.2, 0.25) is 0 Å². The molecule has 4 aliphatic rings. The summed E-state index contributed by atoms with van der Waals surface area (Å²) in [4.78, 5) is 79.0. The number of hydrogen-bond donors (Lipinski definition) is 3. The first-order chi connectivity index (χ1) is 30.5. The maximum Gasteiger partial charge on any atom is 0.266 e. The molecule has 0 radical (unpaired) electrons. The Labute approximate surface area is 377 Å². The van der Waals surface area contributed by atoms with Gasteiger partial charge in [0.15, 0.2) is 0 Å². The minimum Gasteiger partial charge on any atom is -0.350 e. The second-order valence-corrected chi connectivity index (χ2v) is 19.8. The van der Waals surface area contributed by atoms with E-state index in [1.807, 2.05) is 81.4 Å². The van der Waals surface area contributed by atoms with Crippen molar-refractivity contribution < 1.29 is 28.0 Å². The summed E-state index contributed by atoms with van der Waals surface area (Å²) in [6.45, 7) is 10.9. The van der Waals surface area contributed by atoms with Crippen LogP contribution < -0.4 is 20.9 Å². The predicted octanol–water partition coefficient (Wildman–Crippen LogP) is 7.02. The number of rotatable bonds is 12. The molecular formula is C47H58F2N10O4S. The van der Waals surface area contributed by atoms with Crippen molar-refractivity contribution in [2.45, 2.75) is 110 Å². The van der Waals surface area contributed by atoms with Crippen molar-refractivity contribution in [2.24, 2.45) is 17.3 Å². The van der Waals surface area contributed by atoms with Gasteiger partial charge in [-0.1, -0.05) is 45.0 Å². The van der Waals surface area contributed by atoms with Crippen molar-refractivity contribution in [1.82, 2.24) is 40.4 Å². The zero-order valence-electron chi connectivity index (χ0n) is 37.2. The summed E-state index contributed by atoms with van der Waals surface area (Å²) >= 11 is 1.59. The average Bonchev–Trinajstić information content (AvgIpc) is 4.02. The molecule has 3 aliphatic heterocycles. The van der Waals surface area contributed by atoms with Crippen LogP contribution in [-0.4, -0.2) is 104 Å². The van der Waals surface area contributed by atoms with E-state index >= 15 is 0 Å². The molecule has 64 heavy (non-hydrogen) atoms. The second-order valence-electron chi connectivity index (χ2n) is 19.0. The van der Waals surface area contributed by atoms with E-state index in [1.54, 1.807) is 39.7 Å². The third kappa shape index (κ3) is 10.0. The monoisotopic (exact) mass is 896 g/mol. The van der Waals surface area contributed by atoms with Gasteiger partial charge in [0.1, 0.15) is 29.5 Å². The van der Waals surface area contributed by atoms with Gasteiger partial charge in [-0.2, -0.15) is 0 Å². The number of hydrogen-bond acceptors (Lipinski definition) is 11. The third-order valence-corrected chi connectivity index (χ3v) is 14.3. The van der Waals surface area contributed by atoms with Gasteiger partial charge in [-0.25, -0.2) is 23.7 Å². The average molecular weight is 897 g/mol. The molecule has 340 valence electrons. The van der Waals surface area contributed by atoms with Crippen molar-refractivity contribution in [1.29, 1.82) is 0 Å². The Kier molecular flexibility index (Phi) is 13.0. The van der Waals surface area contributed by atoms with Crippen LogP contribution in [-0.2, 0) is 19.2 Å². The number of anilines is 3. The van der Waals surface area contributed by atoms with Crippen molar-refractivity contribution in [3.05, 3.63) is 77.3 Å². The van der Waals surface area contributed by atoms with Crippen LogP contribution >= 0.6 is 11.3 Å². The number of aryl methyl sites for hydroxylation is 1. The molecule has 8 rings (SSSR count). The van der Waals surface area contributed by atoms with Gasteiger partial charge in [-0.05, 0) is 92.5 Å². The van der Waals surface area contributed by atoms with Gasteiger partial charge in [0.25, 0.3) is 5.92 Å². The number of amides is 4. The maximum atomic E-state index is 14.2. The molecule has 4 aromatic rings. The Morgan fingerprint density at radius 2 is 1.64 bits per heavy atom. The van der Waals surface area contributed by atoms with Crippen LogP contribution in [0.1, 0.15) is 101 Å². The van der Waals surface area contributed by atoms with E-state index < -0.39 is 35.9 Å². The minimum absolute atomic E-state index is 0.0247. The number of likely N-dealkylation sites (tertiary alicyclic amines) is 2. The number of nitrogens with zero attached hydrogens (tertiary/aromatic N) is 7. The molecule has 3 N–H and O–H groups in total. The molecule has 0 unspecified atom stereocenters. The molecule has 17 heteroatoms. The summed E-state index contributed by atoms with van der Waals surface area (Å²) < 4.78 is 28.4. The summed E-state index contributed by atoms with van der Waals surface area (Å²) in [5.74, 6) is -2.64. The highest BCUT2D eigenvalue weighted by Crippen LogP contribution is 2.40. The van der Waals surface area contributed by atoms with E-state index in [0.717, 1.165) is 27.3 Å². The summed E-state index contributed by atoms with van der Waals surface area (Å²) in [5, 5.41) is 9.33. The topological polar surface area (TPSA) is 166 Å². The fraction of sp³-hybridized carbons (Fsp3) is 0.532. The SMILES string of the molecule is Cc1ncsc1-c1ccc([C@H](C)NC(=O)[C@@H]2CCCN2C(=O)[C@@H](NC(=O)[C@H]2C[C@H](C(=O)N3CCC(c4cc(Nc5cnccn5)nc(N5CCC(F)(F)C5)c4)CC3)C2)C(C)(C)C)cc1. The van der Waals surface area contributed by atoms with Gasteiger partial charge in [0.2, 0.25) is 23.6 Å². The maximum absolute atomic E-state index is 14.2. The highest BCUT2D eigenvalue weighted by Gasteiger charge is 2.46. The van der Waals surface area contributed by atoms with Crippen molar-refractivity contribution in [3.8, 4) is 10.4 Å². The number of nitrogens with one attached hydrogen (secondary N) is 3. The number of pyridine rings is 1. The number of benzene rings is 1. The van der Waals surface area contributed by atoms with E-state index in [1.165, 1.54) is 0 Å². The number of aromatic nitrogens is 4. The van der Waals surface area contributed by atoms with Crippen LogP contribution in [0.4, 0.5) is 26.2 Å². The fourth-order valence-corrected chi connectivity index (χ4v) is 10.2. The van der Waals surface area contributed by atoms with E-state index in [2.05, 4.69) is 35.9 Å². The first-order valence-corrected chi connectivity index (χ1v) is 23.3. The highest BCUT2D eigenvalue weighted by atomic mass is 32.1. The molecule has 3 aromatic heterocycles. The van der Waals surface area contributed by atoms with Gasteiger partial charge < -0.3 is 30.7 Å². The van der Waals surface area contributed by atoms with E-state index in [4.69, 9.17) is 0 Å². The Balaban J connectivity index is 0.836. The Morgan fingerprint density at radius 3 is 2.28 bits per heavy atom. The van der Waals surface area contributed by atoms with Gasteiger partial charge in [0, 0.05) is 56.8 Å². The van der Waals surface area contributed by atoms with Gasteiger partial charge in [0.05, 0.1) is 34.9 Å². The second kappa shape index (κ2) is 18.5. The van der Waals surface area contributed by atoms with Crippen molar-refractivity contribution in [3.63, 3.8) is 0 Å². The molecule has 4 fully saturated rings. The van der Waals surface area contributed by atoms with Crippen LogP contribution in [0.5, 0.6) is 0 Å². The Bertz CT molecular complexity index is 2330. The van der Waals surface area contributed by atoms with E-state index in [0.29, 0.717) is 75.6 Å². The van der Waals surface area contributed by atoms with E-state index in [9.17, 15) is 28.0 Å². The molecule has 1 saturated carbocycles. The molecule has 3 atom stereocenters. The first-order valence-electron chi connectivity index (χ1n) is 22.4. The number of thiazole rings is 1. The molecule has 4 amide bonds. The summed E-state index contributed by atoms with van der Waals surface area (Å²) in [6.07, 6.45) is 7.87. The molecule has 0 bridgehead atoms. The zero-order chi connectivity index (χ0) is 45.3. The lowest BCUT2D eigenvalue weighted by Crippen LogP contribution is -2.59. The van der Waals surface area contributed by atoms with Crippen molar-refractivity contribution >= 4 is 52.4 Å². The summed E-state index contributed by atoms with van der Waals surface area (Å²) in [7, 11) is 0. The molecule has 1 aliphatic carbocycles. The molecule has 3 saturated heterocycles. The number of alkyl halides is 2. The van der Waals surface area contributed by atoms with Crippen LogP contribution in [0, 0.1) is 24.2 Å². The minimum atomic E-state index is -2.78. The van der Waals surface area contributed by atoms with Crippen LogP contribution in [0.3, 0.4) is 0 Å². The fourth-order valence-electron chi connectivity index (χ4n) is 9.42. The van der Waals surface area contributed by atoms with Crippen molar-refractivity contribution in [2.75, 3.05) is 42.9 Å². The third-order valence-electron chi connectivity index (χ3n) is 13.3.